The standard InChI is InChI=1S/C22H20F3NO2/c23-22(24,25)14-4-1-3-13(10-14)19-18-12-8-7-11(9-12)17(18)15-5-2-6-16(21(27)28)20(15)26-19/h1-6,10-12,17-19,26H,7-9H2,(H,27,28)/p-1/t11-,12-,17-,18-,19+/m0/s1. The quantitative estimate of drug-likeness (QED) is 0.834. The molecule has 0 unspecified atom stereocenters. The maximum atomic E-state index is 13.3. The Balaban J connectivity index is 1.65. The molecule has 2 bridgehead atoms. The molecule has 2 aliphatic carbocycles. The summed E-state index contributed by atoms with van der Waals surface area (Å²) >= 11 is 0. The first kappa shape index (κ1) is 17.6. The normalized spacial score (nSPS) is 30.5. The molecule has 0 saturated heterocycles. The fraction of sp³-hybridized carbons (Fsp3) is 0.409. The van der Waals surface area contributed by atoms with Gasteiger partial charge in [-0.15, -0.1) is 0 Å². The van der Waals surface area contributed by atoms with Gasteiger partial charge < -0.3 is 15.2 Å². The number of nitrogens with one attached hydrogen (secondary N) is 1. The van der Waals surface area contributed by atoms with E-state index in [4.69, 9.17) is 0 Å². The molecule has 2 fully saturated rings. The molecule has 146 valence electrons. The van der Waals surface area contributed by atoms with Crippen LogP contribution in [0.15, 0.2) is 42.5 Å². The average molecular weight is 386 g/mol. The summed E-state index contributed by atoms with van der Waals surface area (Å²) in [5, 5.41) is 15.0. The van der Waals surface area contributed by atoms with Gasteiger partial charge >= 0.3 is 6.18 Å². The summed E-state index contributed by atoms with van der Waals surface area (Å²) in [6, 6.07) is 10.3. The van der Waals surface area contributed by atoms with Crippen molar-refractivity contribution in [2.24, 2.45) is 17.8 Å². The smallest absolute Gasteiger partial charge is 0.416 e. The lowest BCUT2D eigenvalue weighted by Gasteiger charge is -2.44. The Bertz CT molecular complexity index is 955. The highest BCUT2D eigenvalue weighted by molar-refractivity contribution is 5.94. The third-order valence-corrected chi connectivity index (χ3v) is 6.91. The molecule has 0 radical (unpaired) electrons. The first-order valence-electron chi connectivity index (χ1n) is 9.62. The fourth-order valence-electron chi connectivity index (χ4n) is 5.92. The van der Waals surface area contributed by atoms with Crippen molar-refractivity contribution >= 4 is 11.7 Å². The number of carboxylic acids is 1. The van der Waals surface area contributed by atoms with Gasteiger partial charge in [0.1, 0.15) is 0 Å². The molecule has 5 rings (SSSR count). The van der Waals surface area contributed by atoms with Crippen LogP contribution in [0.25, 0.3) is 0 Å². The molecule has 2 saturated carbocycles. The summed E-state index contributed by atoms with van der Waals surface area (Å²) in [6.07, 6.45) is -1.18. The third-order valence-electron chi connectivity index (χ3n) is 6.91. The van der Waals surface area contributed by atoms with Crippen molar-refractivity contribution in [3.63, 3.8) is 0 Å². The minimum absolute atomic E-state index is 0.0794. The van der Waals surface area contributed by atoms with Crippen LogP contribution in [0.2, 0.25) is 0 Å². The van der Waals surface area contributed by atoms with E-state index in [-0.39, 0.29) is 23.4 Å². The van der Waals surface area contributed by atoms with Crippen LogP contribution in [-0.2, 0) is 6.18 Å². The van der Waals surface area contributed by atoms with Gasteiger partial charge in [-0.05, 0) is 66.2 Å². The summed E-state index contributed by atoms with van der Waals surface area (Å²) < 4.78 is 39.8. The Morgan fingerprint density at radius 2 is 1.82 bits per heavy atom. The molecule has 1 aliphatic heterocycles. The SMILES string of the molecule is O=C([O-])c1cccc2c1N[C@H](c1cccc(C(F)(F)F)c1)[C@H]1[C@H]3CC[C@@H](C3)[C@@H]21. The number of fused-ring (bicyclic) bond motifs is 7. The lowest BCUT2D eigenvalue weighted by molar-refractivity contribution is -0.254. The lowest BCUT2D eigenvalue weighted by atomic mass is 9.67. The molecule has 5 atom stereocenters. The summed E-state index contributed by atoms with van der Waals surface area (Å²) in [4.78, 5) is 11.7. The first-order chi connectivity index (χ1) is 13.3. The largest absolute Gasteiger partial charge is 0.545 e. The highest BCUT2D eigenvalue weighted by Gasteiger charge is 2.54. The number of hydrogen-bond donors (Lipinski definition) is 1. The van der Waals surface area contributed by atoms with Crippen LogP contribution in [0.3, 0.4) is 0 Å². The Labute approximate surface area is 160 Å². The van der Waals surface area contributed by atoms with Crippen molar-refractivity contribution in [1.82, 2.24) is 0 Å². The van der Waals surface area contributed by atoms with Crippen LogP contribution < -0.4 is 10.4 Å². The zero-order valence-electron chi connectivity index (χ0n) is 15.0. The molecule has 28 heavy (non-hydrogen) atoms. The number of carbonyl (C=O) groups is 1. The molecule has 1 N–H and O–H groups in total. The molecule has 3 aliphatic rings. The van der Waals surface area contributed by atoms with E-state index in [1.165, 1.54) is 18.2 Å². The molecule has 1 heterocycles. The zero-order chi connectivity index (χ0) is 19.6. The van der Waals surface area contributed by atoms with Gasteiger partial charge in [0.2, 0.25) is 0 Å². The molecule has 2 aromatic rings. The molecular weight excluding hydrogens is 367 g/mol. The van der Waals surface area contributed by atoms with Gasteiger partial charge in [0.25, 0.3) is 0 Å². The number of anilines is 1. The number of carbonyl (C=O) groups excluding carboxylic acids is 1. The Morgan fingerprint density at radius 3 is 2.57 bits per heavy atom. The van der Waals surface area contributed by atoms with E-state index in [9.17, 15) is 23.1 Å². The minimum atomic E-state index is -4.41. The van der Waals surface area contributed by atoms with Crippen molar-refractivity contribution in [3.05, 3.63) is 64.7 Å². The molecule has 0 aromatic heterocycles. The molecule has 6 heteroatoms. The summed E-state index contributed by atoms with van der Waals surface area (Å²) in [7, 11) is 0. The van der Waals surface area contributed by atoms with E-state index in [2.05, 4.69) is 5.32 Å². The van der Waals surface area contributed by atoms with Crippen molar-refractivity contribution in [3.8, 4) is 0 Å². The van der Waals surface area contributed by atoms with Gasteiger partial charge in [-0.1, -0.05) is 30.3 Å². The lowest BCUT2D eigenvalue weighted by Crippen LogP contribution is -2.37. The highest BCUT2D eigenvalue weighted by atomic mass is 19.4. The maximum Gasteiger partial charge on any atom is 0.416 e. The van der Waals surface area contributed by atoms with Crippen LogP contribution in [0.4, 0.5) is 18.9 Å². The number of para-hydroxylation sites is 1. The monoisotopic (exact) mass is 386 g/mol. The predicted molar refractivity (Wildman–Crippen MR) is 95.6 cm³/mol. The van der Waals surface area contributed by atoms with Crippen molar-refractivity contribution in [2.45, 2.75) is 37.4 Å². The number of rotatable bonds is 2. The maximum absolute atomic E-state index is 13.3. The third kappa shape index (κ3) is 2.54. The van der Waals surface area contributed by atoms with Crippen LogP contribution in [0.1, 0.15) is 58.3 Å². The summed E-state index contributed by atoms with van der Waals surface area (Å²) in [6.45, 7) is 0. The molecule has 0 spiro atoms. The van der Waals surface area contributed by atoms with Gasteiger partial charge in [0.15, 0.2) is 0 Å². The molecule has 0 amide bonds. The van der Waals surface area contributed by atoms with E-state index in [0.717, 1.165) is 30.9 Å². The van der Waals surface area contributed by atoms with E-state index in [0.29, 0.717) is 23.1 Å². The molecule has 2 aromatic carbocycles. The second-order valence-electron chi connectivity index (χ2n) is 8.24. The predicted octanol–water partition coefficient (Wildman–Crippen LogP) is 4.37. The highest BCUT2D eigenvalue weighted by Crippen LogP contribution is 2.64. The summed E-state index contributed by atoms with van der Waals surface area (Å²) in [5.74, 6) is -0.0164. The van der Waals surface area contributed by atoms with Gasteiger partial charge in [0, 0.05) is 11.3 Å². The number of alkyl halides is 3. The van der Waals surface area contributed by atoms with E-state index >= 15 is 0 Å². The minimum Gasteiger partial charge on any atom is -0.545 e. The fourth-order valence-corrected chi connectivity index (χ4v) is 5.92. The van der Waals surface area contributed by atoms with E-state index < -0.39 is 17.7 Å². The van der Waals surface area contributed by atoms with Crippen LogP contribution in [0.5, 0.6) is 0 Å². The number of hydrogen-bond acceptors (Lipinski definition) is 3. The average Bonchev–Trinajstić information content (AvgIpc) is 3.28. The zero-order valence-corrected chi connectivity index (χ0v) is 15.0. The van der Waals surface area contributed by atoms with Gasteiger partial charge in [0.05, 0.1) is 17.6 Å². The Kier molecular flexibility index (Phi) is 3.77. The number of halogens is 3. The van der Waals surface area contributed by atoms with Crippen LogP contribution in [-0.4, -0.2) is 5.97 Å². The van der Waals surface area contributed by atoms with Gasteiger partial charge in [-0.3, -0.25) is 0 Å². The Hall–Kier alpha value is -2.50. The van der Waals surface area contributed by atoms with Crippen LogP contribution >= 0.6 is 0 Å². The van der Waals surface area contributed by atoms with Gasteiger partial charge in [-0.25, -0.2) is 0 Å². The van der Waals surface area contributed by atoms with Gasteiger partial charge in [-0.2, -0.15) is 13.2 Å². The first-order valence-corrected chi connectivity index (χ1v) is 9.62. The number of carboxylic acid groups (broad SMARTS) is 1. The topological polar surface area (TPSA) is 52.2 Å². The van der Waals surface area contributed by atoms with E-state index in [1.807, 2.05) is 6.07 Å². The molecular formula is C22H19F3NO2-. The number of aromatic carboxylic acids is 1. The Morgan fingerprint density at radius 1 is 1.07 bits per heavy atom. The second-order valence-corrected chi connectivity index (χ2v) is 8.24. The second kappa shape index (κ2) is 6.00. The summed E-state index contributed by atoms with van der Waals surface area (Å²) in [5.41, 5.74) is 1.46. The number of benzene rings is 2. The van der Waals surface area contributed by atoms with E-state index in [1.54, 1.807) is 12.1 Å². The van der Waals surface area contributed by atoms with Crippen LogP contribution in [0, 0.1) is 17.8 Å². The molecule has 3 nitrogen and oxygen atoms in total. The van der Waals surface area contributed by atoms with Crippen molar-refractivity contribution in [1.29, 1.82) is 0 Å². The van der Waals surface area contributed by atoms with Crippen molar-refractivity contribution in [2.75, 3.05) is 5.32 Å². The van der Waals surface area contributed by atoms with Crippen molar-refractivity contribution < 1.29 is 23.1 Å².